The fraction of sp³-hybridized carbons (Fsp3) is 0. The van der Waals surface area contributed by atoms with Crippen LogP contribution in [0.3, 0.4) is 0 Å². The van der Waals surface area contributed by atoms with Crippen LogP contribution >= 0.6 is 23.1 Å². The van der Waals surface area contributed by atoms with Crippen LogP contribution in [0.25, 0.3) is 21.6 Å². The lowest BCUT2D eigenvalue weighted by molar-refractivity contribution is -0.387. The highest BCUT2D eigenvalue weighted by atomic mass is 32.2. The summed E-state index contributed by atoms with van der Waals surface area (Å²) in [4.78, 5) is 12.9. The quantitative estimate of drug-likeness (QED) is 0.269. The van der Waals surface area contributed by atoms with Crippen LogP contribution in [0.2, 0.25) is 0 Å². The molecule has 3 nitrogen and oxygen atoms in total. The van der Waals surface area contributed by atoms with Crippen molar-refractivity contribution in [3.8, 4) is 21.6 Å². The van der Waals surface area contributed by atoms with E-state index in [9.17, 15) is 10.1 Å². The van der Waals surface area contributed by atoms with E-state index in [1.54, 1.807) is 29.5 Å². The fourth-order valence-electron chi connectivity index (χ4n) is 2.81. The molecule has 3 aromatic carbocycles. The molecule has 0 saturated carbocycles. The summed E-state index contributed by atoms with van der Waals surface area (Å²) in [6, 6.07) is 29.4. The number of benzene rings is 3. The molecular formula is C22H15NO2S2. The topological polar surface area (TPSA) is 43.1 Å². The monoisotopic (exact) mass is 389 g/mol. The summed E-state index contributed by atoms with van der Waals surface area (Å²) in [6.45, 7) is 0. The zero-order valence-corrected chi connectivity index (χ0v) is 15.9. The van der Waals surface area contributed by atoms with Gasteiger partial charge in [-0.1, -0.05) is 84.6 Å². The molecule has 4 rings (SSSR count). The Labute approximate surface area is 165 Å². The van der Waals surface area contributed by atoms with Gasteiger partial charge < -0.3 is 0 Å². The Hall–Kier alpha value is -2.89. The lowest BCUT2D eigenvalue weighted by Crippen LogP contribution is -1.89. The van der Waals surface area contributed by atoms with Crippen molar-refractivity contribution in [3.05, 3.63) is 101 Å². The third-order valence-electron chi connectivity index (χ3n) is 4.11. The molecule has 0 saturated heterocycles. The standard InChI is InChI=1S/C22H15NO2S2/c24-23(25)19-13-7-8-14-20(19)26-22-18(16-9-3-1-4-10-16)15-21(27-22)17-11-5-2-6-12-17/h1-15H. The van der Waals surface area contributed by atoms with Crippen LogP contribution in [0.1, 0.15) is 0 Å². The molecule has 0 N–H and O–H groups in total. The van der Waals surface area contributed by atoms with Gasteiger partial charge in [0.25, 0.3) is 5.69 Å². The van der Waals surface area contributed by atoms with Crippen molar-refractivity contribution in [1.29, 1.82) is 0 Å². The Balaban J connectivity index is 1.82. The van der Waals surface area contributed by atoms with Gasteiger partial charge >= 0.3 is 0 Å². The van der Waals surface area contributed by atoms with Gasteiger partial charge in [0.05, 0.1) is 14.0 Å². The molecule has 0 unspecified atom stereocenters. The van der Waals surface area contributed by atoms with Gasteiger partial charge in [0.1, 0.15) is 0 Å². The van der Waals surface area contributed by atoms with Crippen LogP contribution in [-0.4, -0.2) is 4.92 Å². The Bertz CT molecular complexity index is 1080. The highest BCUT2D eigenvalue weighted by Crippen LogP contribution is 2.47. The SMILES string of the molecule is O=[N+]([O-])c1ccccc1Sc1sc(-c2ccccc2)cc1-c1ccccc1. The van der Waals surface area contributed by atoms with Crippen LogP contribution < -0.4 is 0 Å². The number of nitro benzene ring substituents is 1. The van der Waals surface area contributed by atoms with Gasteiger partial charge in [0.2, 0.25) is 0 Å². The van der Waals surface area contributed by atoms with E-state index in [-0.39, 0.29) is 10.6 Å². The van der Waals surface area contributed by atoms with E-state index < -0.39 is 0 Å². The Morgan fingerprint density at radius 1 is 0.778 bits per heavy atom. The number of hydrogen-bond donors (Lipinski definition) is 0. The predicted molar refractivity (Wildman–Crippen MR) is 112 cm³/mol. The minimum atomic E-state index is -0.323. The van der Waals surface area contributed by atoms with Crippen molar-refractivity contribution in [2.24, 2.45) is 0 Å². The molecule has 0 atom stereocenters. The number of thiophene rings is 1. The number of nitrogens with zero attached hydrogens (tertiary/aromatic N) is 1. The van der Waals surface area contributed by atoms with E-state index in [2.05, 4.69) is 30.3 Å². The first-order valence-electron chi connectivity index (χ1n) is 8.38. The average Bonchev–Trinajstić information content (AvgIpc) is 3.13. The zero-order chi connectivity index (χ0) is 18.6. The largest absolute Gasteiger partial charge is 0.283 e. The van der Waals surface area contributed by atoms with E-state index >= 15 is 0 Å². The van der Waals surface area contributed by atoms with E-state index in [0.717, 1.165) is 25.8 Å². The molecule has 0 aliphatic heterocycles. The lowest BCUT2D eigenvalue weighted by Gasteiger charge is -2.04. The summed E-state index contributed by atoms with van der Waals surface area (Å²) in [7, 11) is 0. The van der Waals surface area contributed by atoms with E-state index in [4.69, 9.17) is 0 Å². The van der Waals surface area contributed by atoms with Gasteiger partial charge in [-0.05, 0) is 23.3 Å². The Morgan fingerprint density at radius 3 is 2.04 bits per heavy atom. The second-order valence-corrected chi connectivity index (χ2v) is 8.23. The van der Waals surface area contributed by atoms with Gasteiger partial charge in [-0.25, -0.2) is 0 Å². The summed E-state index contributed by atoms with van der Waals surface area (Å²) in [5, 5.41) is 11.4. The molecule has 0 bridgehead atoms. The predicted octanol–water partition coefficient (Wildman–Crippen LogP) is 7.14. The van der Waals surface area contributed by atoms with Crippen LogP contribution in [-0.2, 0) is 0 Å². The van der Waals surface area contributed by atoms with Crippen LogP contribution in [0, 0.1) is 10.1 Å². The maximum atomic E-state index is 11.4. The zero-order valence-electron chi connectivity index (χ0n) is 14.2. The molecule has 0 aliphatic rings. The minimum absolute atomic E-state index is 0.135. The van der Waals surface area contributed by atoms with E-state index in [1.807, 2.05) is 42.5 Å². The summed E-state index contributed by atoms with van der Waals surface area (Å²) < 4.78 is 1.05. The summed E-state index contributed by atoms with van der Waals surface area (Å²) >= 11 is 3.12. The van der Waals surface area contributed by atoms with Gasteiger partial charge in [0.15, 0.2) is 0 Å². The lowest BCUT2D eigenvalue weighted by atomic mass is 10.1. The smallest absolute Gasteiger partial charge is 0.258 e. The number of para-hydroxylation sites is 1. The van der Waals surface area contributed by atoms with Crippen molar-refractivity contribution in [2.45, 2.75) is 9.10 Å². The van der Waals surface area contributed by atoms with Crippen molar-refractivity contribution < 1.29 is 4.92 Å². The molecule has 0 amide bonds. The number of rotatable bonds is 5. The number of nitro groups is 1. The highest BCUT2D eigenvalue weighted by molar-refractivity contribution is 8.01. The molecule has 0 radical (unpaired) electrons. The molecule has 27 heavy (non-hydrogen) atoms. The summed E-state index contributed by atoms with van der Waals surface area (Å²) in [5.74, 6) is 0. The molecule has 1 heterocycles. The van der Waals surface area contributed by atoms with E-state index in [1.165, 1.54) is 11.8 Å². The minimum Gasteiger partial charge on any atom is -0.258 e. The second-order valence-electron chi connectivity index (χ2n) is 5.87. The van der Waals surface area contributed by atoms with Crippen molar-refractivity contribution in [1.82, 2.24) is 0 Å². The Kier molecular flexibility index (Phi) is 5.05. The second kappa shape index (κ2) is 7.78. The van der Waals surface area contributed by atoms with Crippen molar-refractivity contribution in [3.63, 3.8) is 0 Å². The molecular weight excluding hydrogens is 374 g/mol. The summed E-state index contributed by atoms with van der Waals surface area (Å²) in [6.07, 6.45) is 0. The molecule has 132 valence electrons. The normalized spacial score (nSPS) is 10.7. The molecule has 0 fully saturated rings. The van der Waals surface area contributed by atoms with Gasteiger partial charge in [-0.15, -0.1) is 11.3 Å². The summed E-state index contributed by atoms with van der Waals surface area (Å²) in [5.41, 5.74) is 3.49. The highest BCUT2D eigenvalue weighted by Gasteiger charge is 2.18. The number of hydrogen-bond acceptors (Lipinski definition) is 4. The van der Waals surface area contributed by atoms with Crippen LogP contribution in [0.15, 0.2) is 100 Å². The third kappa shape index (κ3) is 3.79. The maximum Gasteiger partial charge on any atom is 0.283 e. The molecule has 1 aromatic heterocycles. The van der Waals surface area contributed by atoms with Crippen LogP contribution in [0.5, 0.6) is 0 Å². The van der Waals surface area contributed by atoms with E-state index in [0.29, 0.717) is 4.90 Å². The van der Waals surface area contributed by atoms with Crippen LogP contribution in [0.4, 0.5) is 5.69 Å². The van der Waals surface area contributed by atoms with Crippen molar-refractivity contribution >= 4 is 28.8 Å². The maximum absolute atomic E-state index is 11.4. The first kappa shape index (κ1) is 17.5. The average molecular weight is 390 g/mol. The first-order chi connectivity index (χ1) is 13.2. The Morgan fingerprint density at radius 2 is 1.37 bits per heavy atom. The third-order valence-corrected chi connectivity index (χ3v) is 6.55. The van der Waals surface area contributed by atoms with Gasteiger partial charge in [0, 0.05) is 16.5 Å². The fourth-order valence-corrected chi connectivity index (χ4v) is 5.31. The van der Waals surface area contributed by atoms with Gasteiger partial charge in [-0.2, -0.15) is 0 Å². The molecule has 0 aliphatic carbocycles. The van der Waals surface area contributed by atoms with Crippen molar-refractivity contribution in [2.75, 3.05) is 0 Å². The molecule has 5 heteroatoms. The first-order valence-corrected chi connectivity index (χ1v) is 10.0. The molecule has 0 spiro atoms. The molecule has 4 aromatic rings. The van der Waals surface area contributed by atoms with Gasteiger partial charge in [-0.3, -0.25) is 10.1 Å².